The first kappa shape index (κ1) is 17.0. The Morgan fingerprint density at radius 2 is 1.65 bits per heavy atom. The molecule has 0 aromatic heterocycles. The lowest BCUT2D eigenvalue weighted by Gasteiger charge is -2.28. The Kier molecular flexibility index (Phi) is 7.63. The SMILES string of the molecule is CCCCCOC(=O)C1CCCCC1C(=O)OC(C)C. The van der Waals surface area contributed by atoms with E-state index in [0.29, 0.717) is 6.61 Å². The zero-order chi connectivity index (χ0) is 15.0. The molecule has 1 saturated carbocycles. The van der Waals surface area contributed by atoms with Gasteiger partial charge in [-0.05, 0) is 33.1 Å². The van der Waals surface area contributed by atoms with E-state index >= 15 is 0 Å². The van der Waals surface area contributed by atoms with Crippen LogP contribution < -0.4 is 0 Å². The van der Waals surface area contributed by atoms with Crippen LogP contribution >= 0.6 is 0 Å². The Labute approximate surface area is 122 Å². The molecule has 1 aliphatic carbocycles. The number of unbranched alkanes of at least 4 members (excludes halogenated alkanes) is 2. The molecule has 0 aromatic rings. The van der Waals surface area contributed by atoms with Gasteiger partial charge in [0, 0.05) is 0 Å². The van der Waals surface area contributed by atoms with Crippen LogP contribution in [0.2, 0.25) is 0 Å². The molecule has 2 atom stereocenters. The molecule has 0 spiro atoms. The van der Waals surface area contributed by atoms with Crippen molar-refractivity contribution in [3.8, 4) is 0 Å². The maximum atomic E-state index is 12.1. The van der Waals surface area contributed by atoms with E-state index in [1.54, 1.807) is 0 Å². The van der Waals surface area contributed by atoms with E-state index in [2.05, 4.69) is 6.92 Å². The normalized spacial score (nSPS) is 22.6. The van der Waals surface area contributed by atoms with Gasteiger partial charge >= 0.3 is 11.9 Å². The van der Waals surface area contributed by atoms with Crippen LogP contribution in [0.3, 0.4) is 0 Å². The van der Waals surface area contributed by atoms with Crippen LogP contribution in [0.5, 0.6) is 0 Å². The minimum atomic E-state index is -0.315. The number of carbonyl (C=O) groups is 2. The average molecular weight is 284 g/mol. The average Bonchev–Trinajstić information content (AvgIpc) is 2.42. The Balaban J connectivity index is 2.50. The molecule has 116 valence electrons. The largest absolute Gasteiger partial charge is 0.465 e. The van der Waals surface area contributed by atoms with Gasteiger partial charge in [0.15, 0.2) is 0 Å². The number of rotatable bonds is 7. The van der Waals surface area contributed by atoms with E-state index in [9.17, 15) is 9.59 Å². The van der Waals surface area contributed by atoms with Crippen LogP contribution in [-0.4, -0.2) is 24.6 Å². The molecule has 1 aliphatic rings. The minimum absolute atomic E-state index is 0.134. The minimum Gasteiger partial charge on any atom is -0.465 e. The maximum Gasteiger partial charge on any atom is 0.310 e. The fourth-order valence-electron chi connectivity index (χ4n) is 2.65. The molecule has 0 bridgehead atoms. The lowest BCUT2D eigenvalue weighted by Crippen LogP contribution is -2.36. The van der Waals surface area contributed by atoms with E-state index in [1.807, 2.05) is 13.8 Å². The molecular weight excluding hydrogens is 256 g/mol. The van der Waals surface area contributed by atoms with Crippen molar-refractivity contribution >= 4 is 11.9 Å². The van der Waals surface area contributed by atoms with Crippen LogP contribution in [0.15, 0.2) is 0 Å². The highest BCUT2D eigenvalue weighted by atomic mass is 16.5. The molecule has 0 N–H and O–H groups in total. The number of hydrogen-bond donors (Lipinski definition) is 0. The van der Waals surface area contributed by atoms with Crippen molar-refractivity contribution in [3.63, 3.8) is 0 Å². The van der Waals surface area contributed by atoms with Gasteiger partial charge in [-0.1, -0.05) is 32.6 Å². The third kappa shape index (κ3) is 5.51. The third-order valence-electron chi connectivity index (χ3n) is 3.72. The van der Waals surface area contributed by atoms with Crippen molar-refractivity contribution < 1.29 is 19.1 Å². The van der Waals surface area contributed by atoms with Crippen molar-refractivity contribution in [1.29, 1.82) is 0 Å². The highest BCUT2D eigenvalue weighted by molar-refractivity contribution is 5.82. The van der Waals surface area contributed by atoms with E-state index in [4.69, 9.17) is 9.47 Å². The van der Waals surface area contributed by atoms with Crippen LogP contribution in [0.25, 0.3) is 0 Å². The van der Waals surface area contributed by atoms with Crippen molar-refractivity contribution in [2.45, 2.75) is 71.8 Å². The summed E-state index contributed by atoms with van der Waals surface area (Å²) in [5.41, 5.74) is 0. The summed E-state index contributed by atoms with van der Waals surface area (Å²) in [5.74, 6) is -1.08. The summed E-state index contributed by atoms with van der Waals surface area (Å²) < 4.78 is 10.6. The van der Waals surface area contributed by atoms with E-state index < -0.39 is 0 Å². The topological polar surface area (TPSA) is 52.6 Å². The Morgan fingerprint density at radius 3 is 2.20 bits per heavy atom. The van der Waals surface area contributed by atoms with Gasteiger partial charge < -0.3 is 9.47 Å². The summed E-state index contributed by atoms with van der Waals surface area (Å²) in [6, 6.07) is 0. The summed E-state index contributed by atoms with van der Waals surface area (Å²) in [4.78, 5) is 24.2. The first-order chi connectivity index (χ1) is 9.56. The maximum absolute atomic E-state index is 12.1. The van der Waals surface area contributed by atoms with Crippen LogP contribution in [-0.2, 0) is 19.1 Å². The van der Waals surface area contributed by atoms with Gasteiger partial charge in [-0.25, -0.2) is 0 Å². The van der Waals surface area contributed by atoms with E-state index in [0.717, 1.165) is 44.9 Å². The lowest BCUT2D eigenvalue weighted by molar-refractivity contribution is -0.165. The molecule has 1 fully saturated rings. The predicted molar refractivity (Wildman–Crippen MR) is 77.2 cm³/mol. The summed E-state index contributed by atoms with van der Waals surface area (Å²) in [7, 11) is 0. The predicted octanol–water partition coefficient (Wildman–Crippen LogP) is 3.48. The van der Waals surface area contributed by atoms with Crippen molar-refractivity contribution in [2.75, 3.05) is 6.61 Å². The quantitative estimate of drug-likeness (QED) is 0.530. The summed E-state index contributed by atoms with van der Waals surface area (Å²) >= 11 is 0. The highest BCUT2D eigenvalue weighted by Gasteiger charge is 2.38. The Hall–Kier alpha value is -1.06. The standard InChI is InChI=1S/C16H28O4/c1-4-5-8-11-19-15(17)13-9-6-7-10-14(13)16(18)20-12(2)3/h12-14H,4-11H2,1-3H3. The number of hydrogen-bond acceptors (Lipinski definition) is 4. The van der Waals surface area contributed by atoms with Gasteiger partial charge in [-0.3, -0.25) is 9.59 Å². The van der Waals surface area contributed by atoms with Crippen LogP contribution in [0.1, 0.15) is 65.7 Å². The van der Waals surface area contributed by atoms with Gasteiger partial charge in [0.05, 0.1) is 24.5 Å². The molecule has 0 aliphatic heterocycles. The fourth-order valence-corrected chi connectivity index (χ4v) is 2.65. The third-order valence-corrected chi connectivity index (χ3v) is 3.72. The second-order valence-corrected chi connectivity index (χ2v) is 5.86. The number of carbonyl (C=O) groups excluding carboxylic acids is 2. The van der Waals surface area contributed by atoms with Gasteiger partial charge in [0.25, 0.3) is 0 Å². The van der Waals surface area contributed by atoms with Crippen molar-refractivity contribution in [2.24, 2.45) is 11.8 Å². The molecule has 0 radical (unpaired) electrons. The van der Waals surface area contributed by atoms with Gasteiger partial charge in [0.1, 0.15) is 0 Å². The molecular formula is C16H28O4. The highest BCUT2D eigenvalue weighted by Crippen LogP contribution is 2.32. The van der Waals surface area contributed by atoms with Crippen LogP contribution in [0.4, 0.5) is 0 Å². The number of esters is 2. The van der Waals surface area contributed by atoms with Gasteiger partial charge in [-0.2, -0.15) is 0 Å². The van der Waals surface area contributed by atoms with E-state index in [1.165, 1.54) is 0 Å². The fraction of sp³-hybridized carbons (Fsp3) is 0.875. The van der Waals surface area contributed by atoms with Gasteiger partial charge in [-0.15, -0.1) is 0 Å². The van der Waals surface area contributed by atoms with Crippen molar-refractivity contribution in [1.82, 2.24) is 0 Å². The molecule has 4 nitrogen and oxygen atoms in total. The molecule has 0 heterocycles. The summed E-state index contributed by atoms with van der Waals surface area (Å²) in [6.07, 6.45) is 6.38. The zero-order valence-electron chi connectivity index (χ0n) is 13.0. The second kappa shape index (κ2) is 8.98. The van der Waals surface area contributed by atoms with E-state index in [-0.39, 0.29) is 29.9 Å². The molecule has 1 rings (SSSR count). The second-order valence-electron chi connectivity index (χ2n) is 5.86. The molecule has 0 aromatic carbocycles. The van der Waals surface area contributed by atoms with Crippen LogP contribution in [0, 0.1) is 11.8 Å². The molecule has 0 saturated heterocycles. The molecule has 4 heteroatoms. The van der Waals surface area contributed by atoms with Crippen molar-refractivity contribution in [3.05, 3.63) is 0 Å². The molecule has 2 unspecified atom stereocenters. The summed E-state index contributed by atoms with van der Waals surface area (Å²) in [6.45, 7) is 6.24. The lowest BCUT2D eigenvalue weighted by atomic mass is 9.79. The summed E-state index contributed by atoms with van der Waals surface area (Å²) in [5, 5.41) is 0. The zero-order valence-corrected chi connectivity index (χ0v) is 13.0. The monoisotopic (exact) mass is 284 g/mol. The first-order valence-electron chi connectivity index (χ1n) is 7.93. The number of ether oxygens (including phenoxy) is 2. The smallest absolute Gasteiger partial charge is 0.310 e. The Morgan fingerprint density at radius 1 is 1.05 bits per heavy atom. The Bertz CT molecular complexity index is 312. The van der Waals surface area contributed by atoms with Gasteiger partial charge in [0.2, 0.25) is 0 Å². The molecule has 0 amide bonds. The molecule has 20 heavy (non-hydrogen) atoms. The first-order valence-corrected chi connectivity index (χ1v) is 7.93.